The van der Waals surface area contributed by atoms with E-state index in [0.29, 0.717) is 5.92 Å². The lowest BCUT2D eigenvalue weighted by molar-refractivity contribution is 0.577. The largest absolute Gasteiger partial charge is 0.372 e. The summed E-state index contributed by atoms with van der Waals surface area (Å²) in [5, 5.41) is 0. The molecule has 2 rings (SSSR count). The van der Waals surface area contributed by atoms with Crippen LogP contribution >= 0.6 is 0 Å². The Labute approximate surface area is 99.5 Å². The predicted molar refractivity (Wildman–Crippen MR) is 71.3 cm³/mol. The molecule has 0 unspecified atom stereocenters. The summed E-state index contributed by atoms with van der Waals surface area (Å²) in [5.74, 6) is 0.635. The van der Waals surface area contributed by atoms with E-state index in [0.717, 1.165) is 0 Å². The lowest BCUT2D eigenvalue weighted by atomic mass is 9.97. The molecule has 0 bridgehead atoms. The molecule has 1 aliphatic heterocycles. The van der Waals surface area contributed by atoms with Gasteiger partial charge in [0.15, 0.2) is 0 Å². The van der Waals surface area contributed by atoms with Crippen LogP contribution in [0.5, 0.6) is 0 Å². The van der Waals surface area contributed by atoms with Gasteiger partial charge in [0.25, 0.3) is 0 Å². The maximum Gasteiger partial charge on any atom is 0.0369 e. The van der Waals surface area contributed by atoms with Crippen LogP contribution in [0.2, 0.25) is 0 Å². The molecule has 1 nitrogen and oxygen atoms in total. The van der Waals surface area contributed by atoms with E-state index < -0.39 is 0 Å². The van der Waals surface area contributed by atoms with Crippen molar-refractivity contribution < 1.29 is 0 Å². The summed E-state index contributed by atoms with van der Waals surface area (Å²) in [4.78, 5) is 2.53. The molecule has 0 radical (unpaired) electrons. The minimum atomic E-state index is 0.635. The van der Waals surface area contributed by atoms with Crippen LogP contribution in [0.3, 0.4) is 0 Å². The van der Waals surface area contributed by atoms with Crippen molar-refractivity contribution in [3.05, 3.63) is 29.3 Å². The summed E-state index contributed by atoms with van der Waals surface area (Å²) in [6, 6.07) is 6.97. The third kappa shape index (κ3) is 2.40. The van der Waals surface area contributed by atoms with Crippen LogP contribution in [-0.4, -0.2) is 13.1 Å². The summed E-state index contributed by atoms with van der Waals surface area (Å²) >= 11 is 0. The number of nitrogens with zero attached hydrogens (tertiary/aromatic N) is 1. The summed E-state index contributed by atoms with van der Waals surface area (Å²) in [6.07, 6.45) is 4.11. The highest BCUT2D eigenvalue weighted by molar-refractivity contribution is 5.51. The second-order valence-corrected chi connectivity index (χ2v) is 5.24. The zero-order valence-electron chi connectivity index (χ0n) is 10.8. The molecule has 0 atom stereocenters. The van der Waals surface area contributed by atoms with Gasteiger partial charge in [-0.1, -0.05) is 19.9 Å². The molecule has 0 spiro atoms. The summed E-state index contributed by atoms with van der Waals surface area (Å²) in [5.41, 5.74) is 4.35. The smallest absolute Gasteiger partial charge is 0.0369 e. The van der Waals surface area contributed by atoms with E-state index in [4.69, 9.17) is 0 Å². The molecular formula is C15H23N. The Balaban J connectivity index is 2.19. The van der Waals surface area contributed by atoms with Crippen LogP contribution in [0.25, 0.3) is 0 Å². The molecule has 88 valence electrons. The Morgan fingerprint density at radius 3 is 2.31 bits per heavy atom. The van der Waals surface area contributed by atoms with Gasteiger partial charge in [0.1, 0.15) is 0 Å². The van der Waals surface area contributed by atoms with Gasteiger partial charge in [0.2, 0.25) is 0 Å². The molecule has 1 heteroatoms. The lowest BCUT2D eigenvalue weighted by Gasteiger charge is -2.29. The SMILES string of the molecule is Cc1cc(N2CCCCC2)ccc1C(C)C. The topological polar surface area (TPSA) is 3.24 Å². The van der Waals surface area contributed by atoms with Gasteiger partial charge in [-0.25, -0.2) is 0 Å². The minimum Gasteiger partial charge on any atom is -0.372 e. The molecule has 1 saturated heterocycles. The van der Waals surface area contributed by atoms with Crippen molar-refractivity contribution in [2.24, 2.45) is 0 Å². The van der Waals surface area contributed by atoms with Crippen LogP contribution in [-0.2, 0) is 0 Å². The van der Waals surface area contributed by atoms with Gasteiger partial charge in [-0.2, -0.15) is 0 Å². The molecule has 0 aromatic heterocycles. The minimum absolute atomic E-state index is 0.635. The Bertz CT molecular complexity index is 348. The van der Waals surface area contributed by atoms with Crippen molar-refractivity contribution in [1.82, 2.24) is 0 Å². The summed E-state index contributed by atoms with van der Waals surface area (Å²) in [7, 11) is 0. The van der Waals surface area contributed by atoms with Crippen LogP contribution in [0.15, 0.2) is 18.2 Å². The highest BCUT2D eigenvalue weighted by Gasteiger charge is 2.12. The van der Waals surface area contributed by atoms with Gasteiger partial charge in [0.05, 0.1) is 0 Å². The molecule has 16 heavy (non-hydrogen) atoms. The molecule has 0 N–H and O–H groups in total. The first-order valence-corrected chi connectivity index (χ1v) is 6.54. The summed E-state index contributed by atoms with van der Waals surface area (Å²) < 4.78 is 0. The average molecular weight is 217 g/mol. The number of aryl methyl sites for hydroxylation is 1. The molecule has 1 fully saturated rings. The quantitative estimate of drug-likeness (QED) is 0.720. The molecular weight excluding hydrogens is 194 g/mol. The second-order valence-electron chi connectivity index (χ2n) is 5.24. The zero-order chi connectivity index (χ0) is 11.5. The summed E-state index contributed by atoms with van der Waals surface area (Å²) in [6.45, 7) is 9.25. The van der Waals surface area contributed by atoms with Crippen molar-refractivity contribution in [1.29, 1.82) is 0 Å². The van der Waals surface area contributed by atoms with Crippen LogP contribution in [0.4, 0.5) is 5.69 Å². The number of anilines is 1. The van der Waals surface area contributed by atoms with Crippen molar-refractivity contribution in [3.63, 3.8) is 0 Å². The number of piperidine rings is 1. The van der Waals surface area contributed by atoms with Crippen molar-refractivity contribution in [2.45, 2.75) is 46.0 Å². The molecule has 1 heterocycles. The van der Waals surface area contributed by atoms with Gasteiger partial charge in [-0.3, -0.25) is 0 Å². The highest BCUT2D eigenvalue weighted by atomic mass is 15.1. The van der Waals surface area contributed by atoms with Gasteiger partial charge < -0.3 is 4.90 Å². The molecule has 1 aromatic carbocycles. The molecule has 0 saturated carbocycles. The van der Waals surface area contributed by atoms with Gasteiger partial charge >= 0.3 is 0 Å². The maximum absolute atomic E-state index is 2.53. The fourth-order valence-corrected chi connectivity index (χ4v) is 2.66. The first-order valence-electron chi connectivity index (χ1n) is 6.54. The number of hydrogen-bond acceptors (Lipinski definition) is 1. The van der Waals surface area contributed by atoms with E-state index in [9.17, 15) is 0 Å². The first-order chi connectivity index (χ1) is 7.68. The Morgan fingerprint density at radius 2 is 1.75 bits per heavy atom. The van der Waals surface area contributed by atoms with Crippen molar-refractivity contribution >= 4 is 5.69 Å². The third-order valence-corrected chi connectivity index (χ3v) is 3.60. The van der Waals surface area contributed by atoms with E-state index in [1.807, 2.05) is 0 Å². The van der Waals surface area contributed by atoms with Crippen LogP contribution < -0.4 is 4.90 Å². The van der Waals surface area contributed by atoms with E-state index in [2.05, 4.69) is 43.9 Å². The third-order valence-electron chi connectivity index (χ3n) is 3.60. The number of rotatable bonds is 2. The predicted octanol–water partition coefficient (Wildman–Crippen LogP) is 4.11. The lowest BCUT2D eigenvalue weighted by Crippen LogP contribution is -2.29. The van der Waals surface area contributed by atoms with E-state index in [-0.39, 0.29) is 0 Å². The number of hydrogen-bond donors (Lipinski definition) is 0. The van der Waals surface area contributed by atoms with Crippen LogP contribution in [0, 0.1) is 6.92 Å². The van der Waals surface area contributed by atoms with Gasteiger partial charge in [0, 0.05) is 18.8 Å². The Hall–Kier alpha value is -0.980. The van der Waals surface area contributed by atoms with Gasteiger partial charge in [-0.05, 0) is 55.4 Å². The van der Waals surface area contributed by atoms with Crippen molar-refractivity contribution in [3.8, 4) is 0 Å². The van der Waals surface area contributed by atoms with Crippen molar-refractivity contribution in [2.75, 3.05) is 18.0 Å². The fraction of sp³-hybridized carbons (Fsp3) is 0.600. The molecule has 0 amide bonds. The Kier molecular flexibility index (Phi) is 3.52. The standard InChI is InChI=1S/C15H23N/c1-12(2)15-8-7-14(11-13(15)3)16-9-5-4-6-10-16/h7-8,11-12H,4-6,9-10H2,1-3H3. The average Bonchev–Trinajstić information content (AvgIpc) is 2.29. The fourth-order valence-electron chi connectivity index (χ4n) is 2.66. The molecule has 0 aliphatic carbocycles. The zero-order valence-corrected chi connectivity index (χ0v) is 10.8. The van der Waals surface area contributed by atoms with E-state index in [1.54, 1.807) is 0 Å². The normalized spacial score (nSPS) is 16.9. The maximum atomic E-state index is 2.53. The number of benzene rings is 1. The first kappa shape index (κ1) is 11.5. The molecule has 1 aliphatic rings. The Morgan fingerprint density at radius 1 is 1.06 bits per heavy atom. The monoisotopic (exact) mass is 217 g/mol. The van der Waals surface area contributed by atoms with E-state index in [1.165, 1.54) is 49.2 Å². The van der Waals surface area contributed by atoms with Gasteiger partial charge in [-0.15, -0.1) is 0 Å². The second kappa shape index (κ2) is 4.90. The highest BCUT2D eigenvalue weighted by Crippen LogP contribution is 2.26. The van der Waals surface area contributed by atoms with E-state index >= 15 is 0 Å². The molecule has 1 aromatic rings. The van der Waals surface area contributed by atoms with Crippen LogP contribution in [0.1, 0.15) is 50.2 Å².